The summed E-state index contributed by atoms with van der Waals surface area (Å²) in [5.41, 5.74) is 2.22. The number of rotatable bonds is 4. The van der Waals surface area contributed by atoms with E-state index in [9.17, 15) is 4.79 Å². The van der Waals surface area contributed by atoms with E-state index in [1.165, 1.54) is 0 Å². The molecule has 20 heavy (non-hydrogen) atoms. The summed E-state index contributed by atoms with van der Waals surface area (Å²) in [6, 6.07) is 7.58. The Morgan fingerprint density at radius 1 is 1.45 bits per heavy atom. The van der Waals surface area contributed by atoms with Gasteiger partial charge in [-0.1, -0.05) is 18.2 Å². The van der Waals surface area contributed by atoms with Gasteiger partial charge in [-0.2, -0.15) is 5.10 Å². The van der Waals surface area contributed by atoms with Gasteiger partial charge in [0.2, 0.25) is 0 Å². The van der Waals surface area contributed by atoms with E-state index in [0.29, 0.717) is 12.2 Å². The number of aromatic nitrogens is 2. The molecule has 1 amide bonds. The van der Waals surface area contributed by atoms with E-state index in [1.807, 2.05) is 31.2 Å². The average molecular weight is 338 g/mol. The van der Waals surface area contributed by atoms with Crippen molar-refractivity contribution in [3.8, 4) is 5.75 Å². The molecule has 1 N–H and O–H groups in total. The van der Waals surface area contributed by atoms with E-state index >= 15 is 0 Å². The summed E-state index contributed by atoms with van der Waals surface area (Å²) in [6.07, 6.45) is 0. The second-order valence-electron chi connectivity index (χ2n) is 4.37. The van der Waals surface area contributed by atoms with Gasteiger partial charge in [-0.05, 0) is 28.9 Å². The van der Waals surface area contributed by atoms with Crippen LogP contribution in [0.5, 0.6) is 5.75 Å². The second-order valence-corrected chi connectivity index (χ2v) is 5.16. The van der Waals surface area contributed by atoms with Crippen LogP contribution in [0.2, 0.25) is 0 Å². The largest absolute Gasteiger partial charge is 0.496 e. The minimum Gasteiger partial charge on any atom is -0.496 e. The smallest absolute Gasteiger partial charge is 0.273 e. The SMILES string of the molecule is COc1ccccc1CNC(=O)c1nn(C)c(C)c1Br. The fourth-order valence-corrected chi connectivity index (χ4v) is 2.35. The van der Waals surface area contributed by atoms with E-state index in [4.69, 9.17) is 4.74 Å². The fraction of sp³-hybridized carbons (Fsp3) is 0.286. The third kappa shape index (κ3) is 2.85. The van der Waals surface area contributed by atoms with Gasteiger partial charge in [-0.25, -0.2) is 0 Å². The molecular formula is C14H16BrN3O2. The molecule has 1 aromatic heterocycles. The Hall–Kier alpha value is -1.82. The molecule has 2 rings (SSSR count). The quantitative estimate of drug-likeness (QED) is 0.932. The van der Waals surface area contributed by atoms with Crippen LogP contribution in [0.15, 0.2) is 28.7 Å². The highest BCUT2D eigenvalue weighted by Crippen LogP contribution is 2.21. The Morgan fingerprint density at radius 3 is 2.75 bits per heavy atom. The van der Waals surface area contributed by atoms with Gasteiger partial charge in [-0.15, -0.1) is 0 Å². The fourth-order valence-electron chi connectivity index (χ4n) is 1.84. The molecular weight excluding hydrogens is 322 g/mol. The van der Waals surface area contributed by atoms with Crippen LogP contribution in [0, 0.1) is 6.92 Å². The highest BCUT2D eigenvalue weighted by atomic mass is 79.9. The van der Waals surface area contributed by atoms with E-state index in [1.54, 1.807) is 18.8 Å². The molecule has 0 spiro atoms. The summed E-state index contributed by atoms with van der Waals surface area (Å²) in [5, 5.41) is 7.04. The number of nitrogens with zero attached hydrogens (tertiary/aromatic N) is 2. The molecule has 1 heterocycles. The first-order valence-electron chi connectivity index (χ1n) is 6.13. The predicted molar refractivity (Wildman–Crippen MR) is 79.8 cm³/mol. The van der Waals surface area contributed by atoms with Crippen LogP contribution in [-0.4, -0.2) is 22.8 Å². The lowest BCUT2D eigenvalue weighted by atomic mass is 10.2. The molecule has 0 aliphatic carbocycles. The highest BCUT2D eigenvalue weighted by Gasteiger charge is 2.17. The molecule has 5 nitrogen and oxygen atoms in total. The van der Waals surface area contributed by atoms with Gasteiger partial charge in [0.25, 0.3) is 5.91 Å². The summed E-state index contributed by atoms with van der Waals surface area (Å²) in [4.78, 5) is 12.1. The lowest BCUT2D eigenvalue weighted by Crippen LogP contribution is -2.24. The van der Waals surface area contributed by atoms with E-state index in [0.717, 1.165) is 21.5 Å². The number of amides is 1. The number of hydrogen-bond acceptors (Lipinski definition) is 3. The van der Waals surface area contributed by atoms with Crippen molar-refractivity contribution in [2.75, 3.05) is 7.11 Å². The summed E-state index contributed by atoms with van der Waals surface area (Å²) in [5.74, 6) is 0.538. The van der Waals surface area contributed by atoms with Crippen molar-refractivity contribution in [3.63, 3.8) is 0 Å². The van der Waals surface area contributed by atoms with Crippen LogP contribution >= 0.6 is 15.9 Å². The van der Waals surface area contributed by atoms with Gasteiger partial charge in [-0.3, -0.25) is 9.48 Å². The monoisotopic (exact) mass is 337 g/mol. The van der Waals surface area contributed by atoms with Gasteiger partial charge in [0.1, 0.15) is 5.75 Å². The Morgan fingerprint density at radius 2 is 2.15 bits per heavy atom. The normalized spacial score (nSPS) is 10.4. The van der Waals surface area contributed by atoms with E-state index < -0.39 is 0 Å². The standard InChI is InChI=1S/C14H16BrN3O2/c1-9-12(15)13(17-18(9)2)14(19)16-8-10-6-4-5-7-11(10)20-3/h4-7H,8H2,1-3H3,(H,16,19). The van der Waals surface area contributed by atoms with Gasteiger partial charge in [0.05, 0.1) is 17.3 Å². The molecule has 1 aromatic carbocycles. The van der Waals surface area contributed by atoms with Crippen LogP contribution in [0.1, 0.15) is 21.7 Å². The van der Waals surface area contributed by atoms with Gasteiger partial charge >= 0.3 is 0 Å². The molecule has 0 bridgehead atoms. The maximum Gasteiger partial charge on any atom is 0.273 e. The first-order valence-corrected chi connectivity index (χ1v) is 6.93. The predicted octanol–water partition coefficient (Wildman–Crippen LogP) is 2.43. The first kappa shape index (κ1) is 14.6. The number of aryl methyl sites for hydroxylation is 1. The third-order valence-corrected chi connectivity index (χ3v) is 4.06. The van der Waals surface area contributed by atoms with Crippen molar-refractivity contribution in [2.24, 2.45) is 7.05 Å². The van der Waals surface area contributed by atoms with Gasteiger partial charge in [0.15, 0.2) is 5.69 Å². The Labute approximate surface area is 126 Å². The van der Waals surface area contributed by atoms with Crippen molar-refractivity contribution in [1.82, 2.24) is 15.1 Å². The summed E-state index contributed by atoms with van der Waals surface area (Å²) in [7, 11) is 3.41. The molecule has 0 aliphatic rings. The Kier molecular flexibility index (Phi) is 4.44. The van der Waals surface area contributed by atoms with E-state index in [-0.39, 0.29) is 5.91 Å². The van der Waals surface area contributed by atoms with Crippen LogP contribution in [0.3, 0.4) is 0 Å². The molecule has 2 aromatic rings. The molecule has 0 atom stereocenters. The lowest BCUT2D eigenvalue weighted by Gasteiger charge is -2.08. The molecule has 0 aliphatic heterocycles. The third-order valence-electron chi connectivity index (χ3n) is 3.11. The second kappa shape index (κ2) is 6.09. The number of nitrogens with one attached hydrogen (secondary N) is 1. The van der Waals surface area contributed by atoms with Crippen molar-refractivity contribution >= 4 is 21.8 Å². The van der Waals surface area contributed by atoms with Gasteiger partial charge in [0, 0.05) is 19.2 Å². The molecule has 106 valence electrons. The molecule has 6 heteroatoms. The molecule has 0 saturated carbocycles. The van der Waals surface area contributed by atoms with Crippen molar-refractivity contribution in [2.45, 2.75) is 13.5 Å². The minimum atomic E-state index is -0.216. The lowest BCUT2D eigenvalue weighted by molar-refractivity contribution is 0.0944. The summed E-state index contributed by atoms with van der Waals surface area (Å²) in [6.45, 7) is 2.29. The van der Waals surface area contributed by atoms with Gasteiger partial charge < -0.3 is 10.1 Å². The first-order chi connectivity index (χ1) is 9.54. The topological polar surface area (TPSA) is 56.1 Å². The highest BCUT2D eigenvalue weighted by molar-refractivity contribution is 9.10. The Bertz CT molecular complexity index is 637. The Balaban J connectivity index is 2.11. The maximum absolute atomic E-state index is 12.1. The maximum atomic E-state index is 12.1. The zero-order valence-electron chi connectivity index (χ0n) is 11.6. The van der Waals surface area contributed by atoms with Crippen molar-refractivity contribution in [3.05, 3.63) is 45.7 Å². The van der Waals surface area contributed by atoms with Crippen molar-refractivity contribution in [1.29, 1.82) is 0 Å². The minimum absolute atomic E-state index is 0.216. The van der Waals surface area contributed by atoms with Crippen LogP contribution in [0.25, 0.3) is 0 Å². The number of para-hydroxylation sites is 1. The zero-order valence-corrected chi connectivity index (χ0v) is 13.2. The summed E-state index contributed by atoms with van der Waals surface area (Å²) < 4.78 is 7.64. The van der Waals surface area contributed by atoms with Crippen LogP contribution in [-0.2, 0) is 13.6 Å². The molecule has 0 unspecified atom stereocenters. The number of carbonyl (C=O) groups is 1. The number of carbonyl (C=O) groups excluding carboxylic acids is 1. The number of ether oxygens (including phenoxy) is 1. The number of benzene rings is 1. The number of hydrogen-bond donors (Lipinski definition) is 1. The summed E-state index contributed by atoms with van der Waals surface area (Å²) >= 11 is 3.39. The average Bonchev–Trinajstić information content (AvgIpc) is 2.72. The molecule has 0 radical (unpaired) electrons. The molecule has 0 saturated heterocycles. The number of methoxy groups -OCH3 is 1. The number of halogens is 1. The van der Waals surface area contributed by atoms with Crippen LogP contribution in [0.4, 0.5) is 0 Å². The molecule has 0 fully saturated rings. The zero-order chi connectivity index (χ0) is 14.7. The van der Waals surface area contributed by atoms with Crippen molar-refractivity contribution < 1.29 is 9.53 Å². The van der Waals surface area contributed by atoms with Crippen LogP contribution < -0.4 is 10.1 Å². The van der Waals surface area contributed by atoms with E-state index in [2.05, 4.69) is 26.3 Å².